The topological polar surface area (TPSA) is 64.6 Å². The van der Waals surface area contributed by atoms with Crippen molar-refractivity contribution < 1.29 is 19.1 Å². The van der Waals surface area contributed by atoms with E-state index in [-0.39, 0.29) is 6.61 Å². The highest BCUT2D eigenvalue weighted by atomic mass is 16.6. The van der Waals surface area contributed by atoms with Crippen LogP contribution in [-0.2, 0) is 20.9 Å². The van der Waals surface area contributed by atoms with Gasteiger partial charge in [-0.1, -0.05) is 49.2 Å². The molecule has 0 aliphatic rings. The van der Waals surface area contributed by atoms with Crippen LogP contribution < -0.4 is 5.32 Å². The maximum absolute atomic E-state index is 12.4. The van der Waals surface area contributed by atoms with Crippen LogP contribution >= 0.6 is 0 Å². The van der Waals surface area contributed by atoms with E-state index in [1.807, 2.05) is 36.4 Å². The Morgan fingerprint density at radius 3 is 2.46 bits per heavy atom. The molecule has 0 aliphatic carbocycles. The van der Waals surface area contributed by atoms with E-state index in [1.165, 1.54) is 0 Å². The number of carbonyl (C=O) groups excluding carboxylic acids is 2. The number of carbonyl (C=O) groups is 2. The van der Waals surface area contributed by atoms with Crippen molar-refractivity contribution in [2.24, 2.45) is 0 Å². The fraction of sp³-hybridized carbons (Fsp3) is 0.524. The van der Waals surface area contributed by atoms with Gasteiger partial charge in [-0.25, -0.2) is 9.59 Å². The Kier molecular flexibility index (Phi) is 9.48. The van der Waals surface area contributed by atoms with E-state index in [9.17, 15) is 9.59 Å². The number of benzene rings is 1. The molecule has 0 aromatic heterocycles. The van der Waals surface area contributed by atoms with Crippen LogP contribution in [0.2, 0.25) is 0 Å². The minimum absolute atomic E-state index is 0.183. The van der Waals surface area contributed by atoms with Gasteiger partial charge in [-0.15, -0.1) is 6.58 Å². The van der Waals surface area contributed by atoms with Crippen LogP contribution in [0.4, 0.5) is 4.79 Å². The van der Waals surface area contributed by atoms with Crippen LogP contribution in [0, 0.1) is 0 Å². The van der Waals surface area contributed by atoms with E-state index in [0.717, 1.165) is 31.2 Å². The van der Waals surface area contributed by atoms with E-state index in [0.29, 0.717) is 6.42 Å². The molecule has 0 spiro atoms. The Labute approximate surface area is 156 Å². The lowest BCUT2D eigenvalue weighted by molar-refractivity contribution is -0.147. The highest BCUT2D eigenvalue weighted by molar-refractivity contribution is 5.81. The van der Waals surface area contributed by atoms with Gasteiger partial charge in [0.15, 0.2) is 0 Å². The molecule has 1 aromatic rings. The number of hydrogen-bond acceptors (Lipinski definition) is 4. The zero-order valence-electron chi connectivity index (χ0n) is 16.1. The van der Waals surface area contributed by atoms with Crippen molar-refractivity contribution in [2.45, 2.75) is 71.1 Å². The number of nitrogens with one attached hydrogen (secondary N) is 1. The number of rotatable bonds is 10. The first-order chi connectivity index (χ1) is 12.3. The molecule has 0 fully saturated rings. The number of amides is 1. The summed E-state index contributed by atoms with van der Waals surface area (Å²) in [6.07, 6.45) is 5.53. The molecular weight excluding hydrogens is 330 g/mol. The molecular formula is C21H31NO4. The average Bonchev–Trinajstić information content (AvgIpc) is 2.57. The molecule has 144 valence electrons. The number of ether oxygens (including phenoxy) is 2. The van der Waals surface area contributed by atoms with Gasteiger partial charge in [0.2, 0.25) is 0 Å². The molecule has 5 nitrogen and oxygen atoms in total. The highest BCUT2D eigenvalue weighted by Crippen LogP contribution is 2.11. The maximum atomic E-state index is 12.4. The van der Waals surface area contributed by atoms with E-state index in [4.69, 9.17) is 9.47 Å². The van der Waals surface area contributed by atoms with Gasteiger partial charge in [0.25, 0.3) is 0 Å². The van der Waals surface area contributed by atoms with Crippen molar-refractivity contribution in [1.29, 1.82) is 0 Å². The second-order valence-electron chi connectivity index (χ2n) is 7.22. The summed E-state index contributed by atoms with van der Waals surface area (Å²) in [5.41, 5.74) is 0.287. The molecule has 0 bridgehead atoms. The first-order valence-electron chi connectivity index (χ1n) is 9.13. The van der Waals surface area contributed by atoms with Gasteiger partial charge in [0.05, 0.1) is 0 Å². The molecule has 26 heavy (non-hydrogen) atoms. The summed E-state index contributed by atoms with van der Waals surface area (Å²) in [6, 6.07) is 8.75. The summed E-state index contributed by atoms with van der Waals surface area (Å²) >= 11 is 0. The Balaban J connectivity index is 2.57. The highest BCUT2D eigenvalue weighted by Gasteiger charge is 2.25. The summed E-state index contributed by atoms with van der Waals surface area (Å²) in [5, 5.41) is 2.64. The van der Waals surface area contributed by atoms with E-state index < -0.39 is 23.7 Å². The summed E-state index contributed by atoms with van der Waals surface area (Å²) in [5.74, 6) is -0.441. The summed E-state index contributed by atoms with van der Waals surface area (Å²) in [4.78, 5) is 24.5. The molecule has 1 aromatic carbocycles. The zero-order chi connectivity index (χ0) is 19.4. The van der Waals surface area contributed by atoms with Gasteiger partial charge in [0.1, 0.15) is 18.2 Å². The second kappa shape index (κ2) is 11.3. The lowest BCUT2D eigenvalue weighted by atomic mass is 10.1. The van der Waals surface area contributed by atoms with E-state index in [2.05, 4.69) is 11.9 Å². The van der Waals surface area contributed by atoms with E-state index in [1.54, 1.807) is 20.8 Å². The maximum Gasteiger partial charge on any atom is 0.408 e. The lowest BCUT2D eigenvalue weighted by Gasteiger charge is -2.23. The van der Waals surface area contributed by atoms with Crippen molar-refractivity contribution in [3.63, 3.8) is 0 Å². The Hall–Kier alpha value is -2.30. The Morgan fingerprint density at radius 2 is 1.85 bits per heavy atom. The molecule has 1 atom stereocenters. The molecule has 1 rings (SSSR count). The quantitative estimate of drug-likeness (QED) is 0.371. The van der Waals surface area contributed by atoms with Crippen LogP contribution in [0.3, 0.4) is 0 Å². The standard InChI is InChI=1S/C21H31NO4/c1-5-6-7-8-12-15-18(22-20(24)26-21(2,3)4)19(23)25-16-17-13-10-9-11-14-17/h5,9-11,13-14,18H,1,6-8,12,15-16H2,2-4H3,(H,22,24)/t18-/m0/s1. The summed E-state index contributed by atoms with van der Waals surface area (Å²) < 4.78 is 10.6. The minimum atomic E-state index is -0.711. The van der Waals surface area contributed by atoms with Crippen molar-refractivity contribution in [1.82, 2.24) is 5.32 Å². The third-order valence-corrected chi connectivity index (χ3v) is 3.60. The second-order valence-corrected chi connectivity index (χ2v) is 7.22. The third kappa shape index (κ3) is 9.87. The van der Waals surface area contributed by atoms with Crippen molar-refractivity contribution >= 4 is 12.1 Å². The number of unbranched alkanes of at least 4 members (excludes halogenated alkanes) is 3. The lowest BCUT2D eigenvalue weighted by Crippen LogP contribution is -2.44. The number of allylic oxidation sites excluding steroid dienone is 1. The van der Waals surface area contributed by atoms with Gasteiger partial charge in [-0.3, -0.25) is 0 Å². The van der Waals surface area contributed by atoms with Gasteiger partial charge in [0, 0.05) is 0 Å². The fourth-order valence-corrected chi connectivity index (χ4v) is 2.34. The molecule has 0 saturated heterocycles. The van der Waals surface area contributed by atoms with Gasteiger partial charge >= 0.3 is 12.1 Å². The van der Waals surface area contributed by atoms with Gasteiger partial charge in [-0.05, 0) is 45.6 Å². The zero-order valence-corrected chi connectivity index (χ0v) is 16.1. The summed E-state index contributed by atoms with van der Waals surface area (Å²) in [7, 11) is 0. The average molecular weight is 361 g/mol. The predicted molar refractivity (Wildman–Crippen MR) is 103 cm³/mol. The molecule has 1 N–H and O–H groups in total. The smallest absolute Gasteiger partial charge is 0.408 e. The molecule has 0 radical (unpaired) electrons. The van der Waals surface area contributed by atoms with Crippen LogP contribution in [-0.4, -0.2) is 23.7 Å². The SMILES string of the molecule is C=CCCCCC[C@H](NC(=O)OC(C)(C)C)C(=O)OCc1ccccc1. The van der Waals surface area contributed by atoms with Crippen LogP contribution in [0.1, 0.15) is 58.4 Å². The fourth-order valence-electron chi connectivity index (χ4n) is 2.34. The first kappa shape index (κ1) is 21.7. The van der Waals surface area contributed by atoms with Gasteiger partial charge in [-0.2, -0.15) is 0 Å². The normalized spacial score (nSPS) is 12.1. The Bertz CT molecular complexity index is 563. The monoisotopic (exact) mass is 361 g/mol. The number of alkyl carbamates (subject to hydrolysis) is 1. The van der Waals surface area contributed by atoms with Crippen LogP contribution in [0.5, 0.6) is 0 Å². The molecule has 1 amide bonds. The minimum Gasteiger partial charge on any atom is -0.459 e. The first-order valence-corrected chi connectivity index (χ1v) is 9.13. The van der Waals surface area contributed by atoms with Crippen molar-refractivity contribution in [3.8, 4) is 0 Å². The molecule has 5 heteroatoms. The van der Waals surface area contributed by atoms with Crippen LogP contribution in [0.25, 0.3) is 0 Å². The largest absolute Gasteiger partial charge is 0.459 e. The molecule has 0 aliphatic heterocycles. The van der Waals surface area contributed by atoms with E-state index >= 15 is 0 Å². The number of esters is 1. The predicted octanol–water partition coefficient (Wildman–Crippen LogP) is 4.76. The summed E-state index contributed by atoms with van der Waals surface area (Å²) in [6.45, 7) is 9.23. The number of hydrogen-bond donors (Lipinski definition) is 1. The van der Waals surface area contributed by atoms with Crippen LogP contribution in [0.15, 0.2) is 43.0 Å². The molecule has 0 unspecified atom stereocenters. The molecule has 0 heterocycles. The van der Waals surface area contributed by atoms with Crippen molar-refractivity contribution in [3.05, 3.63) is 48.6 Å². The Morgan fingerprint density at radius 1 is 1.15 bits per heavy atom. The van der Waals surface area contributed by atoms with Crippen molar-refractivity contribution in [2.75, 3.05) is 0 Å². The van der Waals surface area contributed by atoms with Gasteiger partial charge < -0.3 is 14.8 Å². The third-order valence-electron chi connectivity index (χ3n) is 3.60. The molecule has 0 saturated carbocycles.